The monoisotopic (exact) mass is 115 g/mol. The molecule has 0 bridgehead atoms. The second kappa shape index (κ2) is 2.13. The van der Waals surface area contributed by atoms with Crippen molar-refractivity contribution in [3.05, 3.63) is 0 Å². The highest BCUT2D eigenvalue weighted by atomic mass is 16.5. The molecule has 3 nitrogen and oxygen atoms in total. The van der Waals surface area contributed by atoms with Crippen molar-refractivity contribution in [1.82, 2.24) is 5.32 Å². The molecule has 1 saturated heterocycles. The highest BCUT2D eigenvalue weighted by Gasteiger charge is 2.17. The number of amides is 1. The van der Waals surface area contributed by atoms with E-state index in [4.69, 9.17) is 4.74 Å². The molecule has 1 aliphatic heterocycles. The highest BCUT2D eigenvalue weighted by molar-refractivity contribution is 5.73. The molecular weight excluding hydrogens is 106 g/mol. The molecule has 8 heavy (non-hydrogen) atoms. The zero-order chi connectivity index (χ0) is 5.98. The van der Waals surface area contributed by atoms with Gasteiger partial charge in [-0.1, -0.05) is 0 Å². The van der Waals surface area contributed by atoms with Crippen molar-refractivity contribution in [2.24, 2.45) is 0 Å². The molecule has 1 aliphatic rings. The van der Waals surface area contributed by atoms with Crippen LogP contribution < -0.4 is 5.32 Å². The zero-order valence-electron chi connectivity index (χ0n) is 4.81. The van der Waals surface area contributed by atoms with Gasteiger partial charge in [-0.15, -0.1) is 0 Å². The van der Waals surface area contributed by atoms with E-state index in [1.54, 1.807) is 0 Å². The van der Waals surface area contributed by atoms with Gasteiger partial charge in [-0.25, -0.2) is 0 Å². The van der Waals surface area contributed by atoms with E-state index in [0.29, 0.717) is 13.2 Å². The summed E-state index contributed by atoms with van der Waals surface area (Å²) in [5.74, 6) is 0.0262. The van der Waals surface area contributed by atoms with Gasteiger partial charge in [0.25, 0.3) is 0 Å². The summed E-state index contributed by atoms with van der Waals surface area (Å²) in [6, 6.07) is 0.285. The summed E-state index contributed by atoms with van der Waals surface area (Å²) < 4.78 is 4.82. The molecule has 46 valence electrons. The molecule has 0 aromatic carbocycles. The smallest absolute Gasteiger partial charge is 0.217 e. The molecule has 1 N–H and O–H groups in total. The highest BCUT2D eigenvalue weighted by Crippen LogP contribution is 1.97. The van der Waals surface area contributed by atoms with Crippen LogP contribution >= 0.6 is 0 Å². The molecule has 0 aromatic heterocycles. The van der Waals surface area contributed by atoms with Crippen molar-refractivity contribution in [2.75, 3.05) is 13.2 Å². The minimum atomic E-state index is 0.0262. The number of nitrogens with one attached hydrogen (secondary N) is 1. The van der Waals surface area contributed by atoms with Gasteiger partial charge in [-0.05, 0) is 0 Å². The Balaban J connectivity index is 2.09. The maximum atomic E-state index is 10.3. The molecule has 0 saturated carbocycles. The van der Waals surface area contributed by atoms with Gasteiger partial charge >= 0.3 is 0 Å². The molecule has 0 atom stereocenters. The molecule has 0 unspecified atom stereocenters. The van der Waals surface area contributed by atoms with Crippen molar-refractivity contribution in [3.63, 3.8) is 0 Å². The van der Waals surface area contributed by atoms with Crippen LogP contribution in [0, 0.1) is 0 Å². The van der Waals surface area contributed by atoms with Crippen molar-refractivity contribution >= 4 is 5.91 Å². The van der Waals surface area contributed by atoms with Gasteiger partial charge in [0.15, 0.2) is 0 Å². The van der Waals surface area contributed by atoms with E-state index in [0.717, 1.165) is 0 Å². The first-order valence-electron chi connectivity index (χ1n) is 2.64. The zero-order valence-corrected chi connectivity index (χ0v) is 4.81. The third kappa shape index (κ3) is 1.20. The van der Waals surface area contributed by atoms with Gasteiger partial charge in [0.05, 0.1) is 19.3 Å². The topological polar surface area (TPSA) is 38.3 Å². The molecule has 0 aliphatic carbocycles. The standard InChI is InChI=1S/C5H9NO2/c1-4(7)6-5-2-8-3-5/h5H,2-3H2,1H3,(H,6,7). The maximum Gasteiger partial charge on any atom is 0.217 e. The summed E-state index contributed by atoms with van der Waals surface area (Å²) in [6.45, 7) is 2.87. The van der Waals surface area contributed by atoms with Crippen molar-refractivity contribution in [3.8, 4) is 0 Å². The fourth-order valence-corrected chi connectivity index (χ4v) is 0.606. The van der Waals surface area contributed by atoms with Gasteiger partial charge in [-0.3, -0.25) is 4.79 Å². The number of carbonyl (C=O) groups is 1. The summed E-state index contributed by atoms with van der Waals surface area (Å²) in [5.41, 5.74) is 0. The quantitative estimate of drug-likeness (QED) is 0.501. The van der Waals surface area contributed by atoms with Crippen LogP contribution in [0.15, 0.2) is 0 Å². The Kier molecular flexibility index (Phi) is 1.48. The van der Waals surface area contributed by atoms with Crippen LogP contribution in [0.4, 0.5) is 0 Å². The fraction of sp³-hybridized carbons (Fsp3) is 0.800. The first-order chi connectivity index (χ1) is 3.79. The predicted octanol–water partition coefficient (Wildman–Crippen LogP) is -0.479. The van der Waals surface area contributed by atoms with Crippen LogP contribution in [-0.2, 0) is 9.53 Å². The minimum absolute atomic E-state index is 0.0262. The van der Waals surface area contributed by atoms with E-state index in [2.05, 4.69) is 5.32 Å². The Morgan fingerprint density at radius 1 is 1.75 bits per heavy atom. The summed E-state index contributed by atoms with van der Waals surface area (Å²) in [5, 5.41) is 2.72. The van der Waals surface area contributed by atoms with E-state index >= 15 is 0 Å². The van der Waals surface area contributed by atoms with Gasteiger partial charge < -0.3 is 10.1 Å². The van der Waals surface area contributed by atoms with Crippen LogP contribution in [0.1, 0.15) is 6.92 Å². The molecule has 1 heterocycles. The van der Waals surface area contributed by atoms with Crippen LogP contribution in [0.5, 0.6) is 0 Å². The van der Waals surface area contributed by atoms with Gasteiger partial charge in [-0.2, -0.15) is 0 Å². The van der Waals surface area contributed by atoms with Crippen LogP contribution in [0.25, 0.3) is 0 Å². The Morgan fingerprint density at radius 2 is 2.38 bits per heavy atom. The molecule has 1 fully saturated rings. The first-order valence-corrected chi connectivity index (χ1v) is 2.64. The first kappa shape index (κ1) is 5.56. The lowest BCUT2D eigenvalue weighted by Crippen LogP contribution is -2.47. The number of ether oxygens (including phenoxy) is 1. The van der Waals surface area contributed by atoms with E-state index in [-0.39, 0.29) is 11.9 Å². The Bertz CT molecular complexity index is 98.6. The lowest BCUT2D eigenvalue weighted by molar-refractivity contribution is -0.123. The third-order valence-corrected chi connectivity index (χ3v) is 1.05. The molecule has 0 aromatic rings. The third-order valence-electron chi connectivity index (χ3n) is 1.05. The Labute approximate surface area is 48.0 Å². The lowest BCUT2D eigenvalue weighted by Gasteiger charge is -2.25. The average molecular weight is 115 g/mol. The van der Waals surface area contributed by atoms with E-state index in [1.807, 2.05) is 0 Å². The van der Waals surface area contributed by atoms with Crippen LogP contribution in [0.2, 0.25) is 0 Å². The minimum Gasteiger partial charge on any atom is -0.377 e. The molecular formula is C5H9NO2. The normalized spacial score (nSPS) is 19.6. The number of hydrogen-bond donors (Lipinski definition) is 1. The largest absolute Gasteiger partial charge is 0.377 e. The Morgan fingerprint density at radius 3 is 2.50 bits per heavy atom. The van der Waals surface area contributed by atoms with Crippen LogP contribution in [0.3, 0.4) is 0 Å². The molecule has 3 heteroatoms. The van der Waals surface area contributed by atoms with Crippen molar-refractivity contribution in [1.29, 1.82) is 0 Å². The number of hydrogen-bond acceptors (Lipinski definition) is 2. The summed E-state index contributed by atoms with van der Waals surface area (Å²) in [7, 11) is 0. The fourth-order valence-electron chi connectivity index (χ4n) is 0.606. The number of rotatable bonds is 1. The maximum absolute atomic E-state index is 10.3. The van der Waals surface area contributed by atoms with E-state index in [1.165, 1.54) is 6.92 Å². The SMILES string of the molecule is CC(=O)NC1COC1. The Hall–Kier alpha value is -0.570. The lowest BCUT2D eigenvalue weighted by atomic mass is 10.2. The van der Waals surface area contributed by atoms with Crippen molar-refractivity contribution < 1.29 is 9.53 Å². The number of carbonyl (C=O) groups excluding carboxylic acids is 1. The van der Waals surface area contributed by atoms with Gasteiger partial charge in [0.1, 0.15) is 0 Å². The molecule has 0 spiro atoms. The molecule has 1 rings (SSSR count). The summed E-state index contributed by atoms with van der Waals surface area (Å²) in [6.07, 6.45) is 0. The predicted molar refractivity (Wildman–Crippen MR) is 28.4 cm³/mol. The van der Waals surface area contributed by atoms with Crippen molar-refractivity contribution in [2.45, 2.75) is 13.0 Å². The molecule has 1 amide bonds. The van der Waals surface area contributed by atoms with E-state index < -0.39 is 0 Å². The average Bonchev–Trinajstić information content (AvgIpc) is 1.55. The second-order valence-electron chi connectivity index (χ2n) is 1.93. The van der Waals surface area contributed by atoms with Crippen LogP contribution in [-0.4, -0.2) is 25.2 Å². The molecule has 0 radical (unpaired) electrons. The summed E-state index contributed by atoms with van der Waals surface area (Å²) >= 11 is 0. The van der Waals surface area contributed by atoms with Gasteiger partial charge in [0.2, 0.25) is 5.91 Å². The summed E-state index contributed by atoms with van der Waals surface area (Å²) in [4.78, 5) is 10.3. The second-order valence-corrected chi connectivity index (χ2v) is 1.93. The van der Waals surface area contributed by atoms with Gasteiger partial charge in [0, 0.05) is 6.92 Å². The van der Waals surface area contributed by atoms with E-state index in [9.17, 15) is 4.79 Å².